The first-order valence-corrected chi connectivity index (χ1v) is 5.02. The van der Waals surface area contributed by atoms with E-state index in [1.165, 1.54) is 12.1 Å². The number of ether oxygens (including phenoxy) is 1. The average molecular weight is 231 g/mol. The molecule has 16 heavy (non-hydrogen) atoms. The Kier molecular flexibility index (Phi) is 2.58. The van der Waals surface area contributed by atoms with Gasteiger partial charge in [0.05, 0.1) is 0 Å². The Morgan fingerprint density at radius 1 is 1.31 bits per heavy atom. The summed E-state index contributed by atoms with van der Waals surface area (Å²) < 4.78 is 39.9. The molecular formula is C11H12F3NO. The van der Waals surface area contributed by atoms with E-state index in [-0.39, 0.29) is 11.2 Å². The Balaban J connectivity index is 2.20. The highest BCUT2D eigenvalue weighted by Gasteiger charge is 2.43. The second-order valence-corrected chi connectivity index (χ2v) is 4.06. The predicted molar refractivity (Wildman–Crippen MR) is 53.1 cm³/mol. The van der Waals surface area contributed by atoms with Gasteiger partial charge in [0, 0.05) is 12.0 Å². The second kappa shape index (κ2) is 3.66. The Labute approximate surface area is 91.2 Å². The first kappa shape index (κ1) is 11.3. The van der Waals surface area contributed by atoms with Crippen LogP contribution in [0.5, 0.6) is 5.75 Å². The first-order valence-electron chi connectivity index (χ1n) is 5.02. The van der Waals surface area contributed by atoms with Crippen molar-refractivity contribution in [3.8, 4) is 5.75 Å². The van der Waals surface area contributed by atoms with Crippen LogP contribution in [0, 0.1) is 0 Å². The molecule has 5 heteroatoms. The van der Waals surface area contributed by atoms with Crippen LogP contribution in [0.4, 0.5) is 13.2 Å². The molecule has 1 aromatic rings. The number of alkyl halides is 3. The van der Waals surface area contributed by atoms with Crippen molar-refractivity contribution in [1.29, 1.82) is 0 Å². The first-order chi connectivity index (χ1) is 7.45. The number of rotatable bonds is 3. The molecule has 1 saturated carbocycles. The van der Waals surface area contributed by atoms with Gasteiger partial charge in [-0.1, -0.05) is 12.1 Å². The summed E-state index contributed by atoms with van der Waals surface area (Å²) in [5.41, 5.74) is 6.33. The minimum absolute atomic E-state index is 0.120. The largest absolute Gasteiger partial charge is 0.573 e. The topological polar surface area (TPSA) is 35.2 Å². The highest BCUT2D eigenvalue weighted by Crippen LogP contribution is 2.47. The molecule has 2 nitrogen and oxygen atoms in total. The SMILES string of the molecule is NCC1(c2cccc(OC(F)(F)F)c2)CC1. The highest BCUT2D eigenvalue weighted by molar-refractivity contribution is 5.37. The fourth-order valence-electron chi connectivity index (χ4n) is 1.78. The van der Waals surface area contributed by atoms with Gasteiger partial charge < -0.3 is 10.5 Å². The maximum absolute atomic E-state index is 12.0. The van der Waals surface area contributed by atoms with Gasteiger partial charge >= 0.3 is 6.36 Å². The lowest BCUT2D eigenvalue weighted by molar-refractivity contribution is -0.274. The number of benzene rings is 1. The van der Waals surface area contributed by atoms with E-state index in [0.717, 1.165) is 18.4 Å². The Hall–Kier alpha value is -1.23. The van der Waals surface area contributed by atoms with Gasteiger partial charge in [0.1, 0.15) is 5.75 Å². The van der Waals surface area contributed by atoms with Crippen molar-refractivity contribution in [3.63, 3.8) is 0 Å². The molecule has 0 heterocycles. The summed E-state index contributed by atoms with van der Waals surface area (Å²) in [4.78, 5) is 0. The molecule has 88 valence electrons. The van der Waals surface area contributed by atoms with E-state index in [9.17, 15) is 13.2 Å². The number of hydrogen-bond donors (Lipinski definition) is 1. The van der Waals surface area contributed by atoms with Crippen LogP contribution in [0.15, 0.2) is 24.3 Å². The molecule has 0 saturated heterocycles. The molecule has 2 rings (SSSR count). The van der Waals surface area contributed by atoms with Crippen LogP contribution < -0.4 is 10.5 Å². The van der Waals surface area contributed by atoms with Crippen LogP contribution in [-0.2, 0) is 5.41 Å². The molecule has 0 radical (unpaired) electrons. The second-order valence-electron chi connectivity index (χ2n) is 4.06. The number of nitrogens with two attached hydrogens (primary N) is 1. The quantitative estimate of drug-likeness (QED) is 0.867. The Morgan fingerprint density at radius 3 is 2.50 bits per heavy atom. The van der Waals surface area contributed by atoms with Crippen LogP contribution in [0.2, 0.25) is 0 Å². The minimum atomic E-state index is -4.64. The van der Waals surface area contributed by atoms with E-state index in [1.54, 1.807) is 12.1 Å². The molecule has 0 unspecified atom stereocenters. The number of halogens is 3. The molecule has 0 bridgehead atoms. The van der Waals surface area contributed by atoms with Crippen LogP contribution in [0.3, 0.4) is 0 Å². The monoisotopic (exact) mass is 231 g/mol. The maximum Gasteiger partial charge on any atom is 0.573 e. The summed E-state index contributed by atoms with van der Waals surface area (Å²) in [7, 11) is 0. The van der Waals surface area contributed by atoms with Gasteiger partial charge in [-0.25, -0.2) is 0 Å². The summed E-state index contributed by atoms with van der Waals surface area (Å²) in [5, 5.41) is 0. The molecule has 1 aliphatic carbocycles. The summed E-state index contributed by atoms with van der Waals surface area (Å²) in [6, 6.07) is 6.08. The van der Waals surface area contributed by atoms with E-state index in [2.05, 4.69) is 4.74 Å². The zero-order chi connectivity index (χ0) is 11.8. The molecule has 0 amide bonds. The molecule has 0 spiro atoms. The van der Waals surface area contributed by atoms with Gasteiger partial charge in [0.25, 0.3) is 0 Å². The molecule has 0 aliphatic heterocycles. The normalized spacial score (nSPS) is 18.2. The molecule has 1 fully saturated rings. The molecule has 2 N–H and O–H groups in total. The average Bonchev–Trinajstić information content (AvgIpc) is 2.96. The summed E-state index contributed by atoms with van der Waals surface area (Å²) in [6.07, 6.45) is -2.78. The van der Waals surface area contributed by atoms with Crippen molar-refractivity contribution < 1.29 is 17.9 Å². The van der Waals surface area contributed by atoms with Crippen molar-refractivity contribution in [3.05, 3.63) is 29.8 Å². The van der Waals surface area contributed by atoms with E-state index in [0.29, 0.717) is 6.54 Å². The summed E-state index contributed by atoms with van der Waals surface area (Å²) in [5.74, 6) is -0.176. The van der Waals surface area contributed by atoms with Gasteiger partial charge in [-0.3, -0.25) is 0 Å². The van der Waals surface area contributed by atoms with Crippen LogP contribution in [0.1, 0.15) is 18.4 Å². The smallest absolute Gasteiger partial charge is 0.406 e. The van der Waals surface area contributed by atoms with Gasteiger partial charge in [-0.15, -0.1) is 13.2 Å². The molecule has 0 aromatic heterocycles. The lowest BCUT2D eigenvalue weighted by atomic mass is 9.96. The van der Waals surface area contributed by atoms with Crippen molar-refractivity contribution >= 4 is 0 Å². The highest BCUT2D eigenvalue weighted by atomic mass is 19.4. The molecule has 1 aromatic carbocycles. The minimum Gasteiger partial charge on any atom is -0.406 e. The van der Waals surface area contributed by atoms with Crippen LogP contribution >= 0.6 is 0 Å². The fourth-order valence-corrected chi connectivity index (χ4v) is 1.78. The third-order valence-corrected chi connectivity index (χ3v) is 2.92. The van der Waals surface area contributed by atoms with Gasteiger partial charge in [-0.05, 0) is 30.5 Å². The molecule has 0 atom stereocenters. The molecular weight excluding hydrogens is 219 g/mol. The van der Waals surface area contributed by atoms with Gasteiger partial charge in [0.2, 0.25) is 0 Å². The zero-order valence-corrected chi connectivity index (χ0v) is 8.55. The summed E-state index contributed by atoms with van der Waals surface area (Å²) in [6.45, 7) is 0.461. The van der Waals surface area contributed by atoms with Crippen molar-refractivity contribution in [2.75, 3.05) is 6.54 Å². The van der Waals surface area contributed by atoms with E-state index < -0.39 is 6.36 Å². The lowest BCUT2D eigenvalue weighted by Gasteiger charge is -2.15. The Morgan fingerprint density at radius 2 is 2.00 bits per heavy atom. The lowest BCUT2D eigenvalue weighted by Crippen LogP contribution is -2.21. The molecule has 1 aliphatic rings. The third kappa shape index (κ3) is 2.29. The fraction of sp³-hybridized carbons (Fsp3) is 0.455. The van der Waals surface area contributed by atoms with Crippen LogP contribution in [0.25, 0.3) is 0 Å². The maximum atomic E-state index is 12.0. The van der Waals surface area contributed by atoms with E-state index in [4.69, 9.17) is 5.73 Å². The Bertz CT molecular complexity index is 385. The van der Waals surface area contributed by atoms with Gasteiger partial charge in [-0.2, -0.15) is 0 Å². The van der Waals surface area contributed by atoms with Gasteiger partial charge in [0.15, 0.2) is 0 Å². The predicted octanol–water partition coefficient (Wildman–Crippen LogP) is 2.58. The van der Waals surface area contributed by atoms with E-state index >= 15 is 0 Å². The van der Waals surface area contributed by atoms with Crippen molar-refractivity contribution in [2.24, 2.45) is 5.73 Å². The van der Waals surface area contributed by atoms with Crippen LogP contribution in [-0.4, -0.2) is 12.9 Å². The van der Waals surface area contributed by atoms with Crippen molar-refractivity contribution in [2.45, 2.75) is 24.6 Å². The standard InChI is InChI=1S/C11H12F3NO/c12-11(13,14)16-9-3-1-2-8(6-9)10(7-15)4-5-10/h1-3,6H,4-5,7,15H2. The van der Waals surface area contributed by atoms with E-state index in [1.807, 2.05) is 0 Å². The van der Waals surface area contributed by atoms with Crippen molar-refractivity contribution in [1.82, 2.24) is 0 Å². The zero-order valence-electron chi connectivity index (χ0n) is 8.55. The third-order valence-electron chi connectivity index (χ3n) is 2.92. The number of hydrogen-bond acceptors (Lipinski definition) is 2. The summed E-state index contributed by atoms with van der Waals surface area (Å²) >= 11 is 0.